The molecule has 0 fully saturated rings. The number of allylic oxidation sites excluding steroid dienone is 1. The monoisotopic (exact) mass is 422 g/mol. The molecule has 5 rings (SSSR count). The number of nitrogens with one attached hydrogen (secondary N) is 1. The molecule has 6 heteroatoms. The highest BCUT2D eigenvalue weighted by atomic mass is 15.4. The second kappa shape index (κ2) is 8.30. The van der Waals surface area contributed by atoms with Crippen LogP contribution in [0.3, 0.4) is 0 Å². The number of aryl methyl sites for hydroxylation is 1. The van der Waals surface area contributed by atoms with Crippen molar-refractivity contribution in [1.82, 2.24) is 19.9 Å². The Morgan fingerprint density at radius 2 is 1.72 bits per heavy atom. The lowest BCUT2D eigenvalue weighted by molar-refractivity contribution is 0.459. The number of aromatic nitrogens is 3. The number of anilines is 2. The van der Waals surface area contributed by atoms with Crippen molar-refractivity contribution in [2.45, 2.75) is 20.4 Å². The van der Waals surface area contributed by atoms with Gasteiger partial charge in [0.15, 0.2) is 0 Å². The summed E-state index contributed by atoms with van der Waals surface area (Å²) in [4.78, 5) is 17.9. The average Bonchev–Trinajstić information content (AvgIpc) is 3.16. The first-order valence-electron chi connectivity index (χ1n) is 10.7. The van der Waals surface area contributed by atoms with Crippen LogP contribution in [0.1, 0.15) is 18.2 Å². The lowest BCUT2D eigenvalue weighted by Gasteiger charge is -2.18. The van der Waals surface area contributed by atoms with Gasteiger partial charge < -0.3 is 15.1 Å². The lowest BCUT2D eigenvalue weighted by atomic mass is 10.0. The van der Waals surface area contributed by atoms with Gasteiger partial charge in [0.2, 0.25) is 0 Å². The number of rotatable bonds is 5. The summed E-state index contributed by atoms with van der Waals surface area (Å²) in [6.45, 7) is 5.63. The molecular formula is C26H26N6. The molecule has 0 amide bonds. The molecular weight excluding hydrogens is 396 g/mol. The molecule has 1 aliphatic heterocycles. The third kappa shape index (κ3) is 3.99. The van der Waals surface area contributed by atoms with Crippen LogP contribution in [0.4, 0.5) is 11.6 Å². The Kier molecular flexibility index (Phi) is 5.19. The van der Waals surface area contributed by atoms with Crippen molar-refractivity contribution < 1.29 is 0 Å². The minimum Gasteiger partial charge on any atom is -0.365 e. The molecule has 1 aromatic carbocycles. The fourth-order valence-corrected chi connectivity index (χ4v) is 3.92. The van der Waals surface area contributed by atoms with E-state index in [9.17, 15) is 0 Å². The summed E-state index contributed by atoms with van der Waals surface area (Å²) in [7, 11) is 2.09. The number of fused-ring (bicyclic) bond motifs is 1. The molecule has 0 spiro atoms. The van der Waals surface area contributed by atoms with E-state index in [1.165, 1.54) is 22.4 Å². The van der Waals surface area contributed by atoms with Gasteiger partial charge in [0, 0.05) is 55.2 Å². The Labute approximate surface area is 188 Å². The third-order valence-electron chi connectivity index (χ3n) is 5.88. The summed E-state index contributed by atoms with van der Waals surface area (Å²) in [6, 6.07) is 16.9. The van der Waals surface area contributed by atoms with E-state index in [4.69, 9.17) is 4.98 Å². The largest absolute Gasteiger partial charge is 0.365 e. The van der Waals surface area contributed by atoms with E-state index < -0.39 is 0 Å². The van der Waals surface area contributed by atoms with E-state index >= 15 is 0 Å². The summed E-state index contributed by atoms with van der Waals surface area (Å²) in [5, 5.41) is 5.62. The molecule has 4 aromatic rings. The predicted octanol–water partition coefficient (Wildman–Crippen LogP) is 5.18. The zero-order valence-electron chi connectivity index (χ0n) is 18.6. The molecule has 1 N–H and O–H groups in total. The van der Waals surface area contributed by atoms with Crippen LogP contribution in [-0.4, -0.2) is 33.6 Å². The van der Waals surface area contributed by atoms with E-state index in [1.54, 1.807) is 0 Å². The summed E-state index contributed by atoms with van der Waals surface area (Å²) in [5.74, 6) is 1.79. The zero-order chi connectivity index (χ0) is 22.1. The Hall–Kier alpha value is -3.93. The van der Waals surface area contributed by atoms with Gasteiger partial charge in [-0.2, -0.15) is 0 Å². The van der Waals surface area contributed by atoms with Crippen LogP contribution in [-0.2, 0) is 6.54 Å². The number of hydrogen-bond acceptors (Lipinski definition) is 6. The summed E-state index contributed by atoms with van der Waals surface area (Å²) in [6.07, 6.45) is 7.74. The lowest BCUT2D eigenvalue weighted by Crippen LogP contribution is -2.23. The van der Waals surface area contributed by atoms with Gasteiger partial charge in [-0.1, -0.05) is 24.3 Å². The Morgan fingerprint density at radius 3 is 2.47 bits per heavy atom. The van der Waals surface area contributed by atoms with Gasteiger partial charge in [0.1, 0.15) is 11.6 Å². The predicted molar refractivity (Wildman–Crippen MR) is 130 cm³/mol. The SMILES string of the molecule is CC1=CN(c2cc3ccnc(NCc4ccc(-c5ccnc(C)c5)cc4)c3cn2)CN1C. The molecule has 0 aliphatic carbocycles. The maximum Gasteiger partial charge on any atom is 0.135 e. The van der Waals surface area contributed by atoms with Crippen molar-refractivity contribution in [2.24, 2.45) is 0 Å². The van der Waals surface area contributed by atoms with Gasteiger partial charge in [-0.3, -0.25) is 4.98 Å². The molecule has 32 heavy (non-hydrogen) atoms. The smallest absolute Gasteiger partial charge is 0.135 e. The number of nitrogens with zero attached hydrogens (tertiary/aromatic N) is 5. The van der Waals surface area contributed by atoms with Crippen LogP contribution in [0.2, 0.25) is 0 Å². The van der Waals surface area contributed by atoms with E-state index in [-0.39, 0.29) is 0 Å². The molecule has 0 bridgehead atoms. The van der Waals surface area contributed by atoms with Crippen LogP contribution in [0, 0.1) is 6.92 Å². The van der Waals surface area contributed by atoms with Crippen molar-refractivity contribution in [1.29, 1.82) is 0 Å². The zero-order valence-corrected chi connectivity index (χ0v) is 18.6. The second-order valence-corrected chi connectivity index (χ2v) is 8.24. The molecule has 3 aromatic heterocycles. The van der Waals surface area contributed by atoms with E-state index in [2.05, 4.69) is 81.7 Å². The highest BCUT2D eigenvalue weighted by Crippen LogP contribution is 2.27. The number of hydrogen-bond donors (Lipinski definition) is 1. The highest BCUT2D eigenvalue weighted by molar-refractivity contribution is 5.92. The van der Waals surface area contributed by atoms with Gasteiger partial charge in [0.05, 0.1) is 6.67 Å². The molecule has 0 saturated carbocycles. The van der Waals surface area contributed by atoms with Gasteiger partial charge in [-0.15, -0.1) is 0 Å². The molecule has 0 radical (unpaired) electrons. The first kappa shape index (κ1) is 20.0. The Bertz CT molecular complexity index is 1300. The summed E-state index contributed by atoms with van der Waals surface area (Å²) in [5.41, 5.74) is 5.83. The molecule has 0 atom stereocenters. The fraction of sp³-hybridized carbons (Fsp3) is 0.192. The molecule has 0 unspecified atom stereocenters. The van der Waals surface area contributed by atoms with Gasteiger partial charge in [0.25, 0.3) is 0 Å². The fourth-order valence-electron chi connectivity index (χ4n) is 3.92. The topological polar surface area (TPSA) is 57.2 Å². The number of pyridine rings is 3. The quantitative estimate of drug-likeness (QED) is 0.478. The molecule has 4 heterocycles. The number of benzene rings is 1. The van der Waals surface area contributed by atoms with Crippen molar-refractivity contribution in [3.05, 3.63) is 90.3 Å². The summed E-state index contributed by atoms with van der Waals surface area (Å²) < 4.78 is 0. The van der Waals surface area contributed by atoms with Crippen molar-refractivity contribution >= 4 is 22.4 Å². The van der Waals surface area contributed by atoms with Crippen LogP contribution in [0.25, 0.3) is 21.9 Å². The van der Waals surface area contributed by atoms with Gasteiger partial charge in [-0.05, 0) is 60.2 Å². The van der Waals surface area contributed by atoms with Crippen LogP contribution >= 0.6 is 0 Å². The maximum atomic E-state index is 4.70. The summed E-state index contributed by atoms with van der Waals surface area (Å²) >= 11 is 0. The van der Waals surface area contributed by atoms with Crippen molar-refractivity contribution in [2.75, 3.05) is 23.9 Å². The van der Waals surface area contributed by atoms with Gasteiger partial charge in [-0.25, -0.2) is 9.97 Å². The molecule has 0 saturated heterocycles. The highest BCUT2D eigenvalue weighted by Gasteiger charge is 2.17. The first-order chi connectivity index (χ1) is 15.6. The standard InChI is InChI=1S/C26H26N6/c1-18-12-22(8-10-27-18)21-6-4-20(5-7-21)14-30-26-24-15-29-25(13-23(24)9-11-28-26)32-16-19(2)31(3)17-32/h4-13,15-16H,14,17H2,1-3H3,(H,28,30). The average molecular weight is 423 g/mol. The molecule has 6 nitrogen and oxygen atoms in total. The van der Waals surface area contributed by atoms with Crippen molar-refractivity contribution in [3.8, 4) is 11.1 Å². The normalized spacial score (nSPS) is 13.5. The minimum atomic E-state index is 0.697. The Balaban J connectivity index is 1.32. The van der Waals surface area contributed by atoms with E-state index in [0.717, 1.165) is 34.8 Å². The van der Waals surface area contributed by atoms with E-state index in [0.29, 0.717) is 6.54 Å². The molecule has 160 valence electrons. The van der Waals surface area contributed by atoms with E-state index in [1.807, 2.05) is 37.6 Å². The van der Waals surface area contributed by atoms with Crippen LogP contribution in [0.15, 0.2) is 79.0 Å². The molecule has 1 aliphatic rings. The van der Waals surface area contributed by atoms with Gasteiger partial charge >= 0.3 is 0 Å². The van der Waals surface area contributed by atoms with Crippen LogP contribution < -0.4 is 10.2 Å². The maximum absolute atomic E-state index is 4.70. The van der Waals surface area contributed by atoms with Crippen molar-refractivity contribution in [3.63, 3.8) is 0 Å². The minimum absolute atomic E-state index is 0.697. The third-order valence-corrected chi connectivity index (χ3v) is 5.88. The van der Waals surface area contributed by atoms with Crippen LogP contribution in [0.5, 0.6) is 0 Å². The first-order valence-corrected chi connectivity index (χ1v) is 10.7. The Morgan fingerprint density at radius 1 is 0.906 bits per heavy atom. The second-order valence-electron chi connectivity index (χ2n) is 8.24.